The number of hydrogen-bond acceptors (Lipinski definition) is 5. The Balaban J connectivity index is 1.91. The summed E-state index contributed by atoms with van der Waals surface area (Å²) in [6.07, 6.45) is 2.54. The number of fused-ring (bicyclic) bond motifs is 1. The Hall–Kier alpha value is -1.03. The van der Waals surface area contributed by atoms with E-state index in [0.29, 0.717) is 19.6 Å². The van der Waals surface area contributed by atoms with E-state index in [1.807, 2.05) is 13.8 Å². The van der Waals surface area contributed by atoms with Gasteiger partial charge in [-0.15, -0.1) is 10.2 Å². The van der Waals surface area contributed by atoms with E-state index < -0.39 is 10.2 Å². The second-order valence-corrected chi connectivity index (χ2v) is 8.42. The molecular weight excluding hydrogens is 328 g/mol. The predicted molar refractivity (Wildman–Crippen MR) is 91.7 cm³/mol. The van der Waals surface area contributed by atoms with Crippen molar-refractivity contribution in [2.24, 2.45) is 0 Å². The van der Waals surface area contributed by atoms with Crippen molar-refractivity contribution in [1.29, 1.82) is 0 Å². The molecule has 0 spiro atoms. The van der Waals surface area contributed by atoms with Gasteiger partial charge in [0, 0.05) is 45.7 Å². The largest absolute Gasteiger partial charge is 0.312 e. The monoisotopic (exact) mass is 356 g/mol. The van der Waals surface area contributed by atoms with Crippen LogP contribution in [0.1, 0.15) is 44.4 Å². The number of hydrogen-bond donors (Lipinski definition) is 0. The maximum absolute atomic E-state index is 13.0. The summed E-state index contributed by atoms with van der Waals surface area (Å²) >= 11 is 0. The molecule has 0 amide bonds. The first kappa shape index (κ1) is 17.8. The van der Waals surface area contributed by atoms with Crippen LogP contribution in [0.25, 0.3) is 0 Å². The molecule has 0 bridgehead atoms. The lowest BCUT2D eigenvalue weighted by Crippen LogP contribution is -2.43. The maximum atomic E-state index is 13.0. The highest BCUT2D eigenvalue weighted by atomic mass is 32.2. The first-order valence-electron chi connectivity index (χ1n) is 8.86. The Labute approximate surface area is 144 Å². The molecule has 1 fully saturated rings. The third-order valence-electron chi connectivity index (χ3n) is 5.11. The van der Waals surface area contributed by atoms with Gasteiger partial charge in [-0.2, -0.15) is 17.0 Å². The molecule has 8 nitrogen and oxygen atoms in total. The Morgan fingerprint density at radius 1 is 1.12 bits per heavy atom. The van der Waals surface area contributed by atoms with Crippen LogP contribution in [-0.2, 0) is 23.2 Å². The molecule has 2 aliphatic heterocycles. The van der Waals surface area contributed by atoms with Crippen molar-refractivity contribution in [3.05, 3.63) is 11.6 Å². The second kappa shape index (κ2) is 7.07. The number of rotatable bonds is 5. The highest BCUT2D eigenvalue weighted by Gasteiger charge is 2.40. The normalized spacial score (nSPS) is 23.6. The average Bonchev–Trinajstić information content (AvgIpc) is 3.14. The fourth-order valence-corrected chi connectivity index (χ4v) is 5.50. The summed E-state index contributed by atoms with van der Waals surface area (Å²) in [7, 11) is -1.34. The molecule has 1 aromatic rings. The highest BCUT2D eigenvalue weighted by Crippen LogP contribution is 2.35. The SMILES string of the molecule is CCN(CC)S(=O)(=O)N1CCC[C@H]1c1nnc2n1CCN(C)CC2. The molecule has 0 unspecified atom stereocenters. The number of aromatic nitrogens is 3. The molecule has 1 aromatic heterocycles. The molecule has 0 N–H and O–H groups in total. The van der Waals surface area contributed by atoms with Crippen LogP contribution in [0.5, 0.6) is 0 Å². The topological polar surface area (TPSA) is 74.6 Å². The molecule has 1 saturated heterocycles. The summed E-state index contributed by atoms with van der Waals surface area (Å²) in [6, 6.07) is -0.194. The summed E-state index contributed by atoms with van der Waals surface area (Å²) in [5.41, 5.74) is 0. The van der Waals surface area contributed by atoms with E-state index in [0.717, 1.165) is 50.5 Å². The molecule has 136 valence electrons. The van der Waals surface area contributed by atoms with Crippen molar-refractivity contribution >= 4 is 10.2 Å². The van der Waals surface area contributed by atoms with E-state index in [2.05, 4.69) is 26.7 Å². The minimum atomic E-state index is -3.45. The molecule has 0 radical (unpaired) electrons. The Morgan fingerprint density at radius 3 is 2.58 bits per heavy atom. The summed E-state index contributed by atoms with van der Waals surface area (Å²) in [5, 5.41) is 8.74. The minimum Gasteiger partial charge on any atom is -0.312 e. The third-order valence-corrected chi connectivity index (χ3v) is 7.31. The lowest BCUT2D eigenvalue weighted by molar-refractivity contribution is 0.315. The van der Waals surface area contributed by atoms with Crippen molar-refractivity contribution < 1.29 is 8.42 Å². The lowest BCUT2D eigenvalue weighted by Gasteiger charge is -2.29. The van der Waals surface area contributed by atoms with Gasteiger partial charge < -0.3 is 9.47 Å². The molecule has 9 heteroatoms. The summed E-state index contributed by atoms with van der Waals surface area (Å²) < 4.78 is 31.3. The molecule has 0 aromatic carbocycles. The third kappa shape index (κ3) is 3.10. The van der Waals surface area contributed by atoms with Crippen LogP contribution in [0.4, 0.5) is 0 Å². The zero-order valence-corrected chi connectivity index (χ0v) is 15.7. The fraction of sp³-hybridized carbons (Fsp3) is 0.867. The van der Waals surface area contributed by atoms with E-state index >= 15 is 0 Å². The molecule has 2 aliphatic rings. The number of nitrogens with zero attached hydrogens (tertiary/aromatic N) is 6. The van der Waals surface area contributed by atoms with Crippen molar-refractivity contribution in [2.75, 3.05) is 39.8 Å². The minimum absolute atomic E-state index is 0.194. The van der Waals surface area contributed by atoms with Gasteiger partial charge in [0.05, 0.1) is 6.04 Å². The van der Waals surface area contributed by atoms with Gasteiger partial charge in [-0.3, -0.25) is 0 Å². The Kier molecular flexibility index (Phi) is 5.24. The van der Waals surface area contributed by atoms with Gasteiger partial charge in [-0.25, -0.2) is 0 Å². The van der Waals surface area contributed by atoms with Crippen LogP contribution in [0.15, 0.2) is 0 Å². The van der Waals surface area contributed by atoms with Crippen LogP contribution in [0.2, 0.25) is 0 Å². The first-order valence-corrected chi connectivity index (χ1v) is 10.3. The van der Waals surface area contributed by atoms with E-state index in [1.54, 1.807) is 4.31 Å². The van der Waals surface area contributed by atoms with E-state index in [-0.39, 0.29) is 6.04 Å². The van der Waals surface area contributed by atoms with Crippen LogP contribution in [0, 0.1) is 0 Å². The summed E-state index contributed by atoms with van der Waals surface area (Å²) in [5.74, 6) is 1.79. The van der Waals surface area contributed by atoms with Crippen molar-refractivity contribution in [3.8, 4) is 0 Å². The second-order valence-electron chi connectivity index (χ2n) is 6.54. The number of likely N-dealkylation sites (N-methyl/N-ethyl adjacent to an activating group) is 1. The highest BCUT2D eigenvalue weighted by molar-refractivity contribution is 7.86. The fourth-order valence-electron chi connectivity index (χ4n) is 3.67. The van der Waals surface area contributed by atoms with Gasteiger partial charge in [-0.1, -0.05) is 13.8 Å². The van der Waals surface area contributed by atoms with Crippen molar-refractivity contribution in [2.45, 2.75) is 45.7 Å². The van der Waals surface area contributed by atoms with Crippen molar-refractivity contribution in [1.82, 2.24) is 28.3 Å². The van der Waals surface area contributed by atoms with E-state index in [9.17, 15) is 8.42 Å². The van der Waals surface area contributed by atoms with Crippen LogP contribution >= 0.6 is 0 Å². The molecule has 1 atom stereocenters. The smallest absolute Gasteiger partial charge is 0.282 e. The van der Waals surface area contributed by atoms with Gasteiger partial charge in [0.1, 0.15) is 5.82 Å². The zero-order chi connectivity index (χ0) is 17.3. The van der Waals surface area contributed by atoms with Crippen LogP contribution < -0.4 is 0 Å². The Morgan fingerprint density at radius 2 is 1.88 bits per heavy atom. The summed E-state index contributed by atoms with van der Waals surface area (Å²) in [4.78, 5) is 2.28. The molecule has 3 heterocycles. The van der Waals surface area contributed by atoms with Gasteiger partial charge in [0.25, 0.3) is 10.2 Å². The van der Waals surface area contributed by atoms with Crippen LogP contribution in [0.3, 0.4) is 0 Å². The quantitative estimate of drug-likeness (QED) is 0.768. The Bertz CT molecular complexity index is 670. The maximum Gasteiger partial charge on any atom is 0.282 e. The first-order chi connectivity index (χ1) is 11.5. The lowest BCUT2D eigenvalue weighted by atomic mass is 10.2. The standard InChI is InChI=1S/C15H28N6O2S/c1-4-19(5-2)24(22,23)21-9-6-7-13(21)15-17-16-14-8-10-18(3)11-12-20(14)15/h13H,4-12H2,1-3H3/t13-/m0/s1. The molecule has 0 aliphatic carbocycles. The predicted octanol–water partition coefficient (Wildman–Crippen LogP) is 0.490. The van der Waals surface area contributed by atoms with Gasteiger partial charge in [0.2, 0.25) is 0 Å². The average molecular weight is 356 g/mol. The van der Waals surface area contributed by atoms with E-state index in [1.165, 1.54) is 4.31 Å². The van der Waals surface area contributed by atoms with Gasteiger partial charge in [-0.05, 0) is 19.9 Å². The van der Waals surface area contributed by atoms with Crippen LogP contribution in [-0.4, -0.2) is 76.5 Å². The van der Waals surface area contributed by atoms with E-state index in [4.69, 9.17) is 0 Å². The van der Waals surface area contributed by atoms with Gasteiger partial charge >= 0.3 is 0 Å². The zero-order valence-electron chi connectivity index (χ0n) is 14.8. The molecule has 24 heavy (non-hydrogen) atoms. The summed E-state index contributed by atoms with van der Waals surface area (Å²) in [6.45, 7) is 8.03. The molecular formula is C15H28N6O2S. The van der Waals surface area contributed by atoms with Crippen molar-refractivity contribution in [3.63, 3.8) is 0 Å². The van der Waals surface area contributed by atoms with Gasteiger partial charge in [0.15, 0.2) is 5.82 Å². The molecule has 0 saturated carbocycles. The molecule has 3 rings (SSSR count).